The molecule has 0 heterocycles. The number of hydrazine groups is 1. The third-order valence-corrected chi connectivity index (χ3v) is 1.82. The van der Waals surface area contributed by atoms with Crippen LogP contribution < -0.4 is 27.6 Å². The first-order valence-electron chi connectivity index (χ1n) is 4.84. The second-order valence-electron chi connectivity index (χ2n) is 2.96. The topological polar surface area (TPSA) is 149 Å². The van der Waals surface area contributed by atoms with E-state index in [0.29, 0.717) is 5.69 Å². The van der Waals surface area contributed by atoms with Crippen molar-refractivity contribution in [3.05, 3.63) is 24.3 Å². The van der Waals surface area contributed by atoms with Gasteiger partial charge in [0.25, 0.3) is 5.96 Å². The highest BCUT2D eigenvalue weighted by Gasteiger charge is 1.97. The number of nitrogens with two attached hydrogens (primary N) is 3. The largest absolute Gasteiger partial charge is 0.497 e. The molecule has 0 aromatic heterocycles. The van der Waals surface area contributed by atoms with Gasteiger partial charge in [-0.25, -0.2) is 10.8 Å². The lowest BCUT2D eigenvalue weighted by atomic mass is 10.3. The fourth-order valence-electron chi connectivity index (χ4n) is 1.06. The first kappa shape index (κ1) is 13.4. The van der Waals surface area contributed by atoms with Crippen molar-refractivity contribution in [3.63, 3.8) is 0 Å². The highest BCUT2D eigenvalue weighted by molar-refractivity contribution is 5.95. The number of nitrogens with one attached hydrogen (secondary N) is 1. The highest BCUT2D eigenvalue weighted by Crippen LogP contribution is 2.17. The van der Waals surface area contributed by atoms with E-state index in [4.69, 9.17) is 22.2 Å². The van der Waals surface area contributed by atoms with Crippen molar-refractivity contribution in [2.45, 2.75) is 0 Å². The van der Waals surface area contributed by atoms with Crippen LogP contribution in [-0.4, -0.2) is 19.0 Å². The zero-order chi connectivity index (χ0) is 13.4. The molecule has 0 aliphatic carbocycles. The smallest absolute Gasteiger partial charge is 0.261 e. The number of rotatable bonds is 2. The zero-order valence-electron chi connectivity index (χ0n) is 9.74. The Labute approximate surface area is 103 Å². The summed E-state index contributed by atoms with van der Waals surface area (Å²) < 4.78 is 5.01. The van der Waals surface area contributed by atoms with Gasteiger partial charge in [0.05, 0.1) is 12.8 Å². The minimum Gasteiger partial charge on any atom is -0.497 e. The number of aliphatic imine (C=N–C) groups is 2. The van der Waals surface area contributed by atoms with Crippen LogP contribution in [0.4, 0.5) is 5.69 Å². The Bertz CT molecular complexity index is 464. The van der Waals surface area contributed by atoms with Gasteiger partial charge in [0.1, 0.15) is 5.75 Å². The minimum atomic E-state index is -0.0488. The predicted octanol–water partition coefficient (Wildman–Crippen LogP) is -0.213. The SMILES string of the molecule is COc1ccc(N=C(N)N=C(N=NN)NN)cc1. The molecule has 0 atom stereocenters. The molecule has 0 saturated heterocycles. The van der Waals surface area contributed by atoms with Crippen LogP contribution in [0.25, 0.3) is 0 Å². The van der Waals surface area contributed by atoms with E-state index >= 15 is 0 Å². The van der Waals surface area contributed by atoms with Gasteiger partial charge in [-0.1, -0.05) is 10.3 Å². The molecule has 1 rings (SSSR count). The molecule has 18 heavy (non-hydrogen) atoms. The lowest BCUT2D eigenvalue weighted by Crippen LogP contribution is -2.30. The van der Waals surface area contributed by atoms with E-state index in [1.54, 1.807) is 31.4 Å². The van der Waals surface area contributed by atoms with Crippen LogP contribution in [0.1, 0.15) is 0 Å². The van der Waals surface area contributed by atoms with Crippen molar-refractivity contribution in [2.24, 2.45) is 37.7 Å². The van der Waals surface area contributed by atoms with Gasteiger partial charge in [0.15, 0.2) is 0 Å². The Morgan fingerprint density at radius 1 is 1.28 bits per heavy atom. The summed E-state index contributed by atoms with van der Waals surface area (Å²) in [6, 6.07) is 6.94. The molecule has 0 spiro atoms. The van der Waals surface area contributed by atoms with E-state index in [2.05, 4.69) is 25.7 Å². The average molecular weight is 250 g/mol. The molecule has 1 aromatic rings. The molecule has 0 aliphatic heterocycles. The number of hydrogen-bond acceptors (Lipinski definition) is 4. The predicted molar refractivity (Wildman–Crippen MR) is 68.1 cm³/mol. The van der Waals surface area contributed by atoms with Crippen LogP contribution in [0.15, 0.2) is 44.6 Å². The molecule has 0 saturated carbocycles. The first-order valence-corrected chi connectivity index (χ1v) is 4.84. The van der Waals surface area contributed by atoms with E-state index in [1.807, 2.05) is 0 Å². The van der Waals surface area contributed by atoms with Crippen LogP contribution in [0.2, 0.25) is 0 Å². The van der Waals surface area contributed by atoms with Gasteiger partial charge in [-0.3, -0.25) is 5.43 Å². The van der Waals surface area contributed by atoms with Gasteiger partial charge in [0, 0.05) is 0 Å². The number of ether oxygens (including phenoxy) is 1. The maximum Gasteiger partial charge on any atom is 0.261 e. The lowest BCUT2D eigenvalue weighted by Gasteiger charge is -2.00. The molecule has 0 radical (unpaired) electrons. The van der Waals surface area contributed by atoms with E-state index in [9.17, 15) is 0 Å². The maximum atomic E-state index is 5.58. The number of methoxy groups -OCH3 is 1. The molecule has 0 amide bonds. The standard InChI is InChI=1S/C9H14N8O/c1-18-7-4-2-6(3-5-7)13-8(10)14-9(15-11)16-17-12/h2-5H,11H2,1H3,(H5,10,12,13,14,15,16). The molecular formula is C9H14N8O. The molecule has 96 valence electrons. The van der Waals surface area contributed by atoms with Crippen LogP contribution in [-0.2, 0) is 0 Å². The molecule has 0 bridgehead atoms. The third kappa shape index (κ3) is 4.06. The summed E-state index contributed by atoms with van der Waals surface area (Å²) in [6.07, 6.45) is 0. The van der Waals surface area contributed by atoms with Crippen molar-refractivity contribution in [1.29, 1.82) is 0 Å². The Morgan fingerprint density at radius 2 is 1.94 bits per heavy atom. The molecule has 0 fully saturated rings. The summed E-state index contributed by atoms with van der Waals surface area (Å²) in [6.45, 7) is 0. The highest BCUT2D eigenvalue weighted by atomic mass is 16.5. The average Bonchev–Trinajstić information content (AvgIpc) is 2.39. The number of nitrogens with zero attached hydrogens (tertiary/aromatic N) is 4. The molecular weight excluding hydrogens is 236 g/mol. The van der Waals surface area contributed by atoms with Gasteiger partial charge in [-0.2, -0.15) is 4.99 Å². The van der Waals surface area contributed by atoms with Crippen molar-refractivity contribution in [2.75, 3.05) is 7.11 Å². The van der Waals surface area contributed by atoms with Crippen molar-refractivity contribution in [1.82, 2.24) is 5.43 Å². The van der Waals surface area contributed by atoms with E-state index in [0.717, 1.165) is 5.75 Å². The maximum absolute atomic E-state index is 5.58. The van der Waals surface area contributed by atoms with Crippen LogP contribution >= 0.6 is 0 Å². The lowest BCUT2D eigenvalue weighted by molar-refractivity contribution is 0.415. The summed E-state index contributed by atoms with van der Waals surface area (Å²) in [5, 5.41) is 6.40. The summed E-state index contributed by atoms with van der Waals surface area (Å²) in [7, 11) is 1.58. The van der Waals surface area contributed by atoms with Crippen molar-refractivity contribution in [3.8, 4) is 5.75 Å². The number of hydrogen-bond donors (Lipinski definition) is 4. The molecule has 0 aliphatic rings. The van der Waals surface area contributed by atoms with E-state index in [-0.39, 0.29) is 11.9 Å². The molecule has 0 unspecified atom stereocenters. The number of guanidine groups is 2. The quantitative estimate of drug-likeness (QED) is 0.188. The Hall–Kier alpha value is -2.68. The summed E-state index contributed by atoms with van der Waals surface area (Å²) in [4.78, 5) is 7.78. The van der Waals surface area contributed by atoms with Gasteiger partial charge >= 0.3 is 0 Å². The van der Waals surface area contributed by atoms with E-state index in [1.165, 1.54) is 0 Å². The summed E-state index contributed by atoms with van der Waals surface area (Å²) >= 11 is 0. The Morgan fingerprint density at radius 3 is 2.44 bits per heavy atom. The van der Waals surface area contributed by atoms with Gasteiger partial charge < -0.3 is 16.3 Å². The molecule has 1 aromatic carbocycles. The second-order valence-corrected chi connectivity index (χ2v) is 2.96. The minimum absolute atomic E-state index is 0.0412. The van der Waals surface area contributed by atoms with Gasteiger partial charge in [-0.05, 0) is 24.3 Å². The Balaban J connectivity index is 2.87. The first-order chi connectivity index (χ1) is 8.69. The van der Waals surface area contributed by atoms with Crippen LogP contribution in [0.3, 0.4) is 0 Å². The van der Waals surface area contributed by atoms with Gasteiger partial charge in [-0.15, -0.1) is 0 Å². The Kier molecular flexibility index (Phi) is 5.06. The summed E-state index contributed by atoms with van der Waals surface area (Å²) in [5.74, 6) is 10.6. The van der Waals surface area contributed by atoms with Crippen LogP contribution in [0, 0.1) is 0 Å². The van der Waals surface area contributed by atoms with Crippen molar-refractivity contribution >= 4 is 17.6 Å². The molecule has 9 heteroatoms. The number of benzene rings is 1. The molecule has 9 nitrogen and oxygen atoms in total. The normalized spacial score (nSPS) is 12.8. The zero-order valence-corrected chi connectivity index (χ0v) is 9.74. The van der Waals surface area contributed by atoms with Crippen LogP contribution in [0.5, 0.6) is 5.75 Å². The van der Waals surface area contributed by atoms with Crippen molar-refractivity contribution < 1.29 is 4.74 Å². The molecule has 7 N–H and O–H groups in total. The third-order valence-electron chi connectivity index (χ3n) is 1.82. The fraction of sp³-hybridized carbons (Fsp3) is 0.111. The van der Waals surface area contributed by atoms with Gasteiger partial charge in [0.2, 0.25) is 5.96 Å². The summed E-state index contributed by atoms with van der Waals surface area (Å²) in [5.41, 5.74) is 8.35. The van der Waals surface area contributed by atoms with E-state index < -0.39 is 0 Å². The second kappa shape index (κ2) is 6.81. The monoisotopic (exact) mass is 250 g/mol. The fourth-order valence-corrected chi connectivity index (χ4v) is 1.06.